The Morgan fingerprint density at radius 1 is 0.441 bits per heavy atom. The van der Waals surface area contributed by atoms with Gasteiger partial charge in [-0.25, -0.2) is 39.2 Å². The molecule has 0 bridgehead atoms. The predicted octanol–water partition coefficient (Wildman–Crippen LogP) is 5.77. The summed E-state index contributed by atoms with van der Waals surface area (Å²) in [4.78, 5) is 117. The van der Waals surface area contributed by atoms with E-state index >= 15 is 0 Å². The highest BCUT2D eigenvalue weighted by Crippen LogP contribution is 2.22. The zero-order valence-corrected chi connectivity index (χ0v) is 42.4. The highest BCUT2D eigenvalue weighted by atomic mass is 16.6. The predicted molar refractivity (Wildman–Crippen MR) is 253 cm³/mol. The molecule has 18 nitrogen and oxygen atoms in total. The summed E-state index contributed by atoms with van der Waals surface area (Å²) < 4.78 is 23.5. The largest absolute Gasteiger partial charge is 0.451 e. The van der Waals surface area contributed by atoms with Crippen LogP contribution in [0.3, 0.4) is 0 Å². The van der Waals surface area contributed by atoms with Crippen molar-refractivity contribution in [2.75, 3.05) is 41.3 Å². The Labute approximate surface area is 402 Å². The van der Waals surface area contributed by atoms with E-state index < -0.39 is 84.3 Å². The van der Waals surface area contributed by atoms with Crippen molar-refractivity contribution in [3.63, 3.8) is 0 Å². The maximum absolute atomic E-state index is 14.6. The Morgan fingerprint density at radius 3 is 1.24 bits per heavy atom. The lowest BCUT2D eigenvalue weighted by molar-refractivity contribution is -0.174. The standard InChI is InChI=1S/C50H74N6O12/c1-31(2)25-39-47(61)65-36(10)44(58)53(13)56(30-34(7)8)50(64)68-42(28-38-23-19-16-20-24-38)46(60)54(14)55(29-33(5)6)49(63)66-35(9)43(57)51(11)40(26-32(3)4)48(62)67-41(45(59)52(39)12)27-37-21-17-15-18-22-37/h15-24,31-36,39-42H,25-30H2,1-14H3. The van der Waals surface area contributed by atoms with Crippen LogP contribution >= 0.6 is 0 Å². The van der Waals surface area contributed by atoms with E-state index in [-0.39, 0.29) is 62.4 Å². The molecule has 2 aromatic rings. The summed E-state index contributed by atoms with van der Waals surface area (Å²) in [6, 6.07) is 15.0. The zero-order valence-electron chi connectivity index (χ0n) is 42.4. The molecular formula is C50H74N6O12. The summed E-state index contributed by atoms with van der Waals surface area (Å²) in [5.74, 6) is -5.79. The normalized spacial score (nSPS) is 23.1. The number of hydrogen-bond acceptors (Lipinski definition) is 12. The van der Waals surface area contributed by atoms with Gasteiger partial charge >= 0.3 is 24.1 Å². The average molecular weight is 951 g/mol. The summed E-state index contributed by atoms with van der Waals surface area (Å²) in [7, 11) is 5.36. The van der Waals surface area contributed by atoms with Gasteiger partial charge in [-0.15, -0.1) is 0 Å². The first-order valence-electron chi connectivity index (χ1n) is 23.4. The Balaban J connectivity index is 2.25. The number of amides is 6. The summed E-state index contributed by atoms with van der Waals surface area (Å²) in [5, 5.41) is 3.93. The molecule has 6 amide bonds. The molecular weight excluding hydrogens is 877 g/mol. The highest BCUT2D eigenvalue weighted by Gasteiger charge is 2.42. The van der Waals surface area contributed by atoms with Crippen LogP contribution in [0.15, 0.2) is 60.7 Å². The first-order valence-corrected chi connectivity index (χ1v) is 23.4. The molecule has 6 atom stereocenters. The molecule has 1 aliphatic heterocycles. The van der Waals surface area contributed by atoms with Gasteiger partial charge in [-0.05, 0) is 61.5 Å². The fraction of sp³-hybridized carbons (Fsp3) is 0.600. The summed E-state index contributed by atoms with van der Waals surface area (Å²) in [6.45, 7) is 17.1. The van der Waals surface area contributed by atoms with Gasteiger partial charge in [0.25, 0.3) is 23.6 Å². The Bertz CT molecular complexity index is 1870. The van der Waals surface area contributed by atoms with Crippen molar-refractivity contribution >= 4 is 47.8 Å². The van der Waals surface area contributed by atoms with E-state index in [1.807, 2.05) is 27.7 Å². The van der Waals surface area contributed by atoms with Gasteiger partial charge in [0.2, 0.25) is 0 Å². The first-order chi connectivity index (χ1) is 31.8. The van der Waals surface area contributed by atoms with Crippen LogP contribution in [0.2, 0.25) is 0 Å². The second kappa shape index (κ2) is 25.8. The maximum Gasteiger partial charge on any atom is 0.429 e. The number of carbonyl (C=O) groups is 8. The van der Waals surface area contributed by atoms with E-state index in [1.165, 1.54) is 42.0 Å². The fourth-order valence-electron chi connectivity index (χ4n) is 7.56. The second-order valence-corrected chi connectivity index (χ2v) is 19.1. The smallest absolute Gasteiger partial charge is 0.429 e. The minimum atomic E-state index is -1.56. The number of carbonyl (C=O) groups excluding carboxylic acids is 8. The Hall–Kier alpha value is -6.20. The van der Waals surface area contributed by atoms with Crippen molar-refractivity contribution in [1.29, 1.82) is 0 Å². The van der Waals surface area contributed by atoms with Crippen LogP contribution in [0.1, 0.15) is 93.2 Å². The molecule has 0 spiro atoms. The average Bonchev–Trinajstić information content (AvgIpc) is 3.28. The monoisotopic (exact) mass is 951 g/mol. The van der Waals surface area contributed by atoms with Gasteiger partial charge in [0, 0.05) is 54.1 Å². The minimum absolute atomic E-state index is 0.0667. The summed E-state index contributed by atoms with van der Waals surface area (Å²) >= 11 is 0. The van der Waals surface area contributed by atoms with Crippen molar-refractivity contribution < 1.29 is 57.3 Å². The van der Waals surface area contributed by atoms with E-state index in [1.54, 1.807) is 88.4 Å². The molecule has 1 saturated heterocycles. The molecule has 376 valence electrons. The Kier molecular flexibility index (Phi) is 21.3. The molecule has 1 fully saturated rings. The van der Waals surface area contributed by atoms with E-state index in [2.05, 4.69) is 0 Å². The van der Waals surface area contributed by atoms with Gasteiger partial charge in [-0.1, -0.05) is 116 Å². The molecule has 3 rings (SSSR count). The summed E-state index contributed by atoms with van der Waals surface area (Å²) in [6.07, 6.45) is -8.22. The van der Waals surface area contributed by atoms with Crippen LogP contribution in [0, 0.1) is 23.7 Å². The lowest BCUT2D eigenvalue weighted by Crippen LogP contribution is -2.57. The van der Waals surface area contributed by atoms with Crippen LogP contribution in [0.4, 0.5) is 9.59 Å². The SMILES string of the molecule is CC(C)CC1C(=O)OC(Cc2ccccc2)C(=O)N(C)C(CC(C)C)C(=O)OC(C)C(=O)N(C)N(CC(C)C)C(=O)OC(Cc2ccccc2)C(=O)N(C)N(CC(C)C)C(=O)OC(C)C(=O)N1C. The van der Waals surface area contributed by atoms with Crippen LogP contribution in [0.5, 0.6) is 0 Å². The van der Waals surface area contributed by atoms with Crippen molar-refractivity contribution in [3.05, 3.63) is 71.8 Å². The highest BCUT2D eigenvalue weighted by molar-refractivity contribution is 5.93. The molecule has 0 N–H and O–H groups in total. The number of likely N-dealkylation sites (N-methyl/N-ethyl adjacent to an activating group) is 4. The second-order valence-electron chi connectivity index (χ2n) is 19.1. The van der Waals surface area contributed by atoms with E-state index in [4.69, 9.17) is 18.9 Å². The number of rotatable bonds is 12. The van der Waals surface area contributed by atoms with Crippen molar-refractivity contribution in [3.8, 4) is 0 Å². The molecule has 6 unspecified atom stereocenters. The molecule has 0 radical (unpaired) electrons. The molecule has 18 heteroatoms. The molecule has 1 heterocycles. The molecule has 2 aromatic carbocycles. The topological polar surface area (TPSA) is 193 Å². The number of esters is 2. The molecule has 0 aromatic heterocycles. The third-order valence-electron chi connectivity index (χ3n) is 11.3. The maximum atomic E-state index is 14.6. The van der Waals surface area contributed by atoms with Gasteiger partial charge in [-0.2, -0.15) is 0 Å². The number of hydrazine groups is 2. The number of ether oxygens (including phenoxy) is 4. The fourth-order valence-corrected chi connectivity index (χ4v) is 7.56. The molecule has 68 heavy (non-hydrogen) atoms. The number of hydrogen-bond donors (Lipinski definition) is 0. The number of cyclic esters (lactones) is 4. The lowest BCUT2D eigenvalue weighted by Gasteiger charge is -2.37. The van der Waals surface area contributed by atoms with Gasteiger partial charge in [0.15, 0.2) is 24.4 Å². The van der Waals surface area contributed by atoms with Crippen molar-refractivity contribution in [1.82, 2.24) is 29.8 Å². The summed E-state index contributed by atoms with van der Waals surface area (Å²) in [5.41, 5.74) is 1.25. The number of benzene rings is 2. The van der Waals surface area contributed by atoms with E-state index in [0.29, 0.717) is 11.1 Å². The number of nitrogens with zero attached hydrogens (tertiary/aromatic N) is 6. The lowest BCUT2D eigenvalue weighted by atomic mass is 10.0. The third-order valence-corrected chi connectivity index (χ3v) is 11.3. The zero-order chi connectivity index (χ0) is 51.2. The molecule has 0 aliphatic carbocycles. The van der Waals surface area contributed by atoms with Crippen LogP contribution < -0.4 is 0 Å². The van der Waals surface area contributed by atoms with Crippen molar-refractivity contribution in [2.45, 2.75) is 131 Å². The van der Waals surface area contributed by atoms with Gasteiger partial charge in [-0.3, -0.25) is 19.2 Å². The van der Waals surface area contributed by atoms with Gasteiger partial charge in [0.1, 0.15) is 12.1 Å². The molecule has 1 aliphatic rings. The van der Waals surface area contributed by atoms with Crippen LogP contribution in [0.25, 0.3) is 0 Å². The first kappa shape index (κ1) is 56.1. The van der Waals surface area contributed by atoms with Crippen molar-refractivity contribution in [2.24, 2.45) is 23.7 Å². The third kappa shape index (κ3) is 16.0. The van der Waals surface area contributed by atoms with Crippen LogP contribution in [-0.2, 0) is 60.6 Å². The van der Waals surface area contributed by atoms with Gasteiger partial charge < -0.3 is 28.7 Å². The van der Waals surface area contributed by atoms with Crippen LogP contribution in [-0.4, -0.2) is 155 Å². The van der Waals surface area contributed by atoms with E-state index in [9.17, 15) is 38.4 Å². The Morgan fingerprint density at radius 2 is 0.809 bits per heavy atom. The molecule has 0 saturated carbocycles. The van der Waals surface area contributed by atoms with Gasteiger partial charge in [0.05, 0.1) is 0 Å². The quantitative estimate of drug-likeness (QED) is 0.185. The van der Waals surface area contributed by atoms with E-state index in [0.717, 1.165) is 29.8 Å². The minimum Gasteiger partial charge on any atom is -0.451 e.